The number of halogens is 1. The van der Waals surface area contributed by atoms with Gasteiger partial charge in [-0.2, -0.15) is 4.98 Å². The molecule has 2 aromatic carbocycles. The van der Waals surface area contributed by atoms with E-state index in [2.05, 4.69) is 20.6 Å². The van der Waals surface area contributed by atoms with E-state index in [0.29, 0.717) is 49.3 Å². The summed E-state index contributed by atoms with van der Waals surface area (Å²) in [7, 11) is 0. The van der Waals surface area contributed by atoms with Gasteiger partial charge >= 0.3 is 0 Å². The lowest BCUT2D eigenvalue weighted by atomic mass is 10.1. The van der Waals surface area contributed by atoms with Gasteiger partial charge in [0.15, 0.2) is 5.82 Å². The molecular weight excluding hydrogens is 425 g/mol. The molecule has 3 heterocycles. The van der Waals surface area contributed by atoms with Crippen LogP contribution >= 0.6 is 0 Å². The van der Waals surface area contributed by atoms with Gasteiger partial charge in [-0.3, -0.25) is 4.79 Å². The van der Waals surface area contributed by atoms with Gasteiger partial charge in [0.1, 0.15) is 29.9 Å². The maximum atomic E-state index is 13.0. The summed E-state index contributed by atoms with van der Waals surface area (Å²) in [5, 5.41) is 16.1. The highest BCUT2D eigenvalue weighted by atomic mass is 19.1. The number of hydrogen-bond donors (Lipinski definition) is 3. The fraction of sp³-hybridized carbons (Fsp3) is 0.292. The Hall–Kier alpha value is -3.72. The second kappa shape index (κ2) is 8.67. The van der Waals surface area contributed by atoms with Gasteiger partial charge in [-0.25, -0.2) is 9.37 Å². The average molecular weight is 449 g/mol. The van der Waals surface area contributed by atoms with Crippen molar-refractivity contribution in [2.75, 3.05) is 22.1 Å². The van der Waals surface area contributed by atoms with Gasteiger partial charge in [0.05, 0.1) is 11.8 Å². The fourth-order valence-electron chi connectivity index (χ4n) is 4.13. The van der Waals surface area contributed by atoms with E-state index in [1.54, 1.807) is 12.1 Å². The minimum absolute atomic E-state index is 0.131. The van der Waals surface area contributed by atoms with E-state index in [-0.39, 0.29) is 11.7 Å². The lowest BCUT2D eigenvalue weighted by molar-refractivity contribution is -0.117. The second-order valence-electron chi connectivity index (χ2n) is 8.29. The number of aromatic nitrogens is 2. The summed E-state index contributed by atoms with van der Waals surface area (Å²) in [6.07, 6.45) is -0.158. The number of ether oxygens (including phenoxy) is 1. The largest absolute Gasteiger partial charge is 0.489 e. The first-order valence-corrected chi connectivity index (χ1v) is 10.8. The first-order valence-electron chi connectivity index (χ1n) is 10.8. The zero-order valence-corrected chi connectivity index (χ0v) is 18.1. The molecule has 3 N–H and O–H groups in total. The van der Waals surface area contributed by atoms with Crippen LogP contribution in [0.5, 0.6) is 5.75 Å². The molecule has 0 unspecified atom stereocenters. The van der Waals surface area contributed by atoms with Crippen LogP contribution in [0.15, 0.2) is 48.5 Å². The van der Waals surface area contributed by atoms with E-state index in [9.17, 15) is 14.3 Å². The standard InChI is InChI=1S/C24H24FN5O3/c1-14-21-22(30-12-18(31)10-20(30)23(32)28-21)29-24(27-14)26-11-15-4-8-19(9-5-15)33-13-16-2-6-17(25)7-3-16/h2-9,18,20,31H,10-13H2,1H3,(H,28,32)(H,26,27,29)/t18-,20+/m1/s1. The summed E-state index contributed by atoms with van der Waals surface area (Å²) in [5.41, 5.74) is 3.18. The molecule has 8 nitrogen and oxygen atoms in total. The molecule has 2 atom stereocenters. The minimum atomic E-state index is -0.554. The minimum Gasteiger partial charge on any atom is -0.489 e. The molecule has 1 amide bonds. The van der Waals surface area contributed by atoms with Crippen LogP contribution in [0.4, 0.5) is 21.8 Å². The van der Waals surface area contributed by atoms with E-state index >= 15 is 0 Å². The van der Waals surface area contributed by atoms with E-state index in [1.165, 1.54) is 12.1 Å². The van der Waals surface area contributed by atoms with E-state index in [0.717, 1.165) is 16.9 Å². The number of anilines is 3. The van der Waals surface area contributed by atoms with Gasteiger partial charge in [-0.05, 0) is 42.3 Å². The van der Waals surface area contributed by atoms with Crippen LogP contribution < -0.4 is 20.3 Å². The summed E-state index contributed by atoms with van der Waals surface area (Å²) in [5.74, 6) is 1.41. The van der Waals surface area contributed by atoms with Gasteiger partial charge < -0.3 is 25.4 Å². The number of nitrogens with zero attached hydrogens (tertiary/aromatic N) is 3. The highest BCUT2D eigenvalue weighted by Gasteiger charge is 2.42. The molecule has 5 rings (SSSR count). The molecule has 170 valence electrons. The molecule has 33 heavy (non-hydrogen) atoms. The fourth-order valence-corrected chi connectivity index (χ4v) is 4.13. The number of nitrogens with one attached hydrogen (secondary N) is 2. The number of carbonyl (C=O) groups is 1. The number of benzene rings is 2. The Bertz CT molecular complexity index is 1170. The van der Waals surface area contributed by atoms with Gasteiger partial charge in [-0.1, -0.05) is 24.3 Å². The Kier molecular flexibility index (Phi) is 5.55. The summed E-state index contributed by atoms with van der Waals surface area (Å²) in [6, 6.07) is 13.5. The Morgan fingerprint density at radius 1 is 1.15 bits per heavy atom. The zero-order chi connectivity index (χ0) is 22.9. The normalized spacial score (nSPS) is 19.0. The number of amides is 1. The van der Waals surface area contributed by atoms with Crippen LogP contribution in [0.1, 0.15) is 23.2 Å². The van der Waals surface area contributed by atoms with Crippen molar-refractivity contribution in [3.05, 3.63) is 71.2 Å². The summed E-state index contributed by atoms with van der Waals surface area (Å²) < 4.78 is 18.8. The number of aryl methyl sites for hydroxylation is 1. The molecule has 0 aliphatic carbocycles. The number of hydrogen-bond acceptors (Lipinski definition) is 7. The highest BCUT2D eigenvalue weighted by molar-refractivity contribution is 6.04. The Morgan fingerprint density at radius 2 is 1.88 bits per heavy atom. The highest BCUT2D eigenvalue weighted by Crippen LogP contribution is 2.37. The second-order valence-corrected chi connectivity index (χ2v) is 8.29. The third kappa shape index (κ3) is 4.45. The van der Waals surface area contributed by atoms with Gasteiger partial charge in [0, 0.05) is 19.5 Å². The van der Waals surface area contributed by atoms with Gasteiger partial charge in [-0.15, -0.1) is 0 Å². The number of rotatable bonds is 6. The molecule has 0 bridgehead atoms. The summed E-state index contributed by atoms with van der Waals surface area (Å²) >= 11 is 0. The van der Waals surface area contributed by atoms with Crippen molar-refractivity contribution in [3.63, 3.8) is 0 Å². The van der Waals surface area contributed by atoms with Crippen molar-refractivity contribution in [2.45, 2.75) is 38.6 Å². The smallest absolute Gasteiger partial charge is 0.247 e. The van der Waals surface area contributed by atoms with Crippen molar-refractivity contribution in [1.29, 1.82) is 0 Å². The van der Waals surface area contributed by atoms with Crippen molar-refractivity contribution >= 4 is 23.4 Å². The van der Waals surface area contributed by atoms with E-state index < -0.39 is 12.1 Å². The van der Waals surface area contributed by atoms with Crippen LogP contribution in [0.3, 0.4) is 0 Å². The van der Waals surface area contributed by atoms with Crippen molar-refractivity contribution in [3.8, 4) is 5.75 Å². The monoisotopic (exact) mass is 449 g/mol. The first-order chi connectivity index (χ1) is 16.0. The molecular formula is C24H24FN5O3. The van der Waals surface area contributed by atoms with Crippen molar-refractivity contribution < 1.29 is 19.0 Å². The maximum absolute atomic E-state index is 13.0. The molecule has 3 aromatic rings. The third-order valence-corrected chi connectivity index (χ3v) is 5.87. The van der Waals surface area contributed by atoms with E-state index in [1.807, 2.05) is 36.1 Å². The molecule has 0 spiro atoms. The number of carbonyl (C=O) groups excluding carboxylic acids is 1. The SMILES string of the molecule is Cc1nc(NCc2ccc(OCc3ccc(F)cc3)cc2)nc2c1NC(=O)[C@@H]1C[C@@H](O)CN21. The first kappa shape index (κ1) is 21.1. The Morgan fingerprint density at radius 3 is 2.64 bits per heavy atom. The molecule has 1 aromatic heterocycles. The average Bonchev–Trinajstić information content (AvgIpc) is 3.21. The predicted molar refractivity (Wildman–Crippen MR) is 122 cm³/mol. The molecule has 1 fully saturated rings. The van der Waals surface area contributed by atoms with Crippen LogP contribution in [-0.4, -0.2) is 39.7 Å². The molecule has 2 aliphatic rings. The topological polar surface area (TPSA) is 99.6 Å². The van der Waals surface area contributed by atoms with Crippen LogP contribution in [0.2, 0.25) is 0 Å². The number of fused-ring (bicyclic) bond motifs is 3. The summed E-state index contributed by atoms with van der Waals surface area (Å²) in [6.45, 7) is 3.07. The van der Waals surface area contributed by atoms with Gasteiger partial charge in [0.2, 0.25) is 11.9 Å². The molecule has 2 aliphatic heterocycles. The van der Waals surface area contributed by atoms with Crippen LogP contribution in [0.25, 0.3) is 0 Å². The van der Waals surface area contributed by atoms with Crippen LogP contribution in [-0.2, 0) is 17.9 Å². The lowest BCUT2D eigenvalue weighted by Crippen LogP contribution is -2.45. The van der Waals surface area contributed by atoms with Crippen molar-refractivity contribution in [1.82, 2.24) is 9.97 Å². The third-order valence-electron chi connectivity index (χ3n) is 5.87. The number of aliphatic hydroxyl groups excluding tert-OH is 1. The predicted octanol–water partition coefficient (Wildman–Crippen LogP) is 3.01. The summed E-state index contributed by atoms with van der Waals surface area (Å²) in [4.78, 5) is 23.3. The lowest BCUT2D eigenvalue weighted by Gasteiger charge is -2.32. The quantitative estimate of drug-likeness (QED) is 0.532. The molecule has 9 heteroatoms. The Labute approximate surface area is 190 Å². The maximum Gasteiger partial charge on any atom is 0.247 e. The Balaban J connectivity index is 1.23. The van der Waals surface area contributed by atoms with Crippen LogP contribution in [0, 0.1) is 12.7 Å². The zero-order valence-electron chi connectivity index (χ0n) is 18.1. The van der Waals surface area contributed by atoms with E-state index in [4.69, 9.17) is 4.74 Å². The number of aliphatic hydroxyl groups is 1. The van der Waals surface area contributed by atoms with Gasteiger partial charge in [0.25, 0.3) is 0 Å². The molecule has 0 saturated carbocycles. The van der Waals surface area contributed by atoms with Crippen molar-refractivity contribution in [2.24, 2.45) is 0 Å². The molecule has 1 saturated heterocycles. The molecule has 0 radical (unpaired) electrons.